The lowest BCUT2D eigenvalue weighted by Gasteiger charge is -1.93. The molecule has 14 heavy (non-hydrogen) atoms. The summed E-state index contributed by atoms with van der Waals surface area (Å²) in [6.45, 7) is 0. The maximum atomic E-state index is 10.3. The molecule has 1 heterocycles. The van der Waals surface area contributed by atoms with E-state index in [4.69, 9.17) is 16.7 Å². The Balaban J connectivity index is 2.57. The normalized spacial score (nSPS) is 10.4. The number of carboxylic acid groups (broad SMARTS) is 1. The molecule has 0 radical (unpaired) electrons. The number of hydrogen-bond acceptors (Lipinski definition) is 3. The van der Waals surface area contributed by atoms with Gasteiger partial charge in [-0.05, 0) is 6.07 Å². The van der Waals surface area contributed by atoms with Crippen LogP contribution in [-0.4, -0.2) is 11.3 Å². The van der Waals surface area contributed by atoms with E-state index in [9.17, 15) is 4.79 Å². The Bertz CT molecular complexity index is 492. The van der Waals surface area contributed by atoms with Crippen LogP contribution in [0.5, 0.6) is 5.06 Å². The van der Waals surface area contributed by atoms with Gasteiger partial charge in [0.2, 0.25) is 5.06 Å². The molecule has 0 amide bonds. The van der Waals surface area contributed by atoms with Crippen molar-refractivity contribution in [3.05, 3.63) is 29.3 Å². The first kappa shape index (κ1) is 9.30. The molecular weight excluding hydrogens is 224 g/mol. The van der Waals surface area contributed by atoms with Gasteiger partial charge in [-0.2, -0.15) is 0 Å². The predicted molar refractivity (Wildman–Crippen MR) is 55.5 cm³/mol. The van der Waals surface area contributed by atoms with E-state index in [1.165, 1.54) is 11.3 Å². The van der Waals surface area contributed by atoms with Gasteiger partial charge in [-0.1, -0.05) is 41.1 Å². The molecule has 1 aromatic heterocycles. The van der Waals surface area contributed by atoms with E-state index >= 15 is 0 Å². The number of rotatable bonds is 1. The Morgan fingerprint density at radius 2 is 2.14 bits per heavy atom. The molecule has 2 rings (SSSR count). The maximum absolute atomic E-state index is 10.3. The highest BCUT2D eigenvalue weighted by Crippen LogP contribution is 2.41. The molecule has 0 aliphatic carbocycles. The highest BCUT2D eigenvalue weighted by atomic mass is 35.5. The zero-order chi connectivity index (χ0) is 10.1. The number of halogens is 1. The Hall–Kier alpha value is -1.26. The molecule has 5 heteroatoms. The zero-order valence-electron chi connectivity index (χ0n) is 6.86. The van der Waals surface area contributed by atoms with Crippen LogP contribution in [0.1, 0.15) is 0 Å². The topological polar surface area (TPSA) is 46.5 Å². The lowest BCUT2D eigenvalue weighted by atomic mass is 10.3. The van der Waals surface area contributed by atoms with E-state index in [1.807, 2.05) is 24.3 Å². The van der Waals surface area contributed by atoms with Crippen LogP contribution in [0.4, 0.5) is 4.79 Å². The molecule has 0 fully saturated rings. The lowest BCUT2D eigenvalue weighted by Crippen LogP contribution is -2.01. The molecule has 0 aliphatic heterocycles. The minimum atomic E-state index is -1.35. The second-order valence-electron chi connectivity index (χ2n) is 2.57. The highest BCUT2D eigenvalue weighted by Gasteiger charge is 2.13. The summed E-state index contributed by atoms with van der Waals surface area (Å²) < 4.78 is 5.44. The van der Waals surface area contributed by atoms with Crippen LogP contribution < -0.4 is 4.74 Å². The number of carbonyl (C=O) groups is 1. The molecule has 1 aromatic carbocycles. The molecule has 72 valence electrons. The SMILES string of the molecule is O=C(O)Oc1sc2ccccc2c1Cl. The van der Waals surface area contributed by atoms with Crippen molar-refractivity contribution in [3.63, 3.8) is 0 Å². The van der Waals surface area contributed by atoms with Gasteiger partial charge < -0.3 is 9.84 Å². The molecule has 0 aliphatic rings. The molecule has 0 unspecified atom stereocenters. The van der Waals surface area contributed by atoms with Crippen molar-refractivity contribution in [2.45, 2.75) is 0 Å². The van der Waals surface area contributed by atoms with Gasteiger partial charge in [0.1, 0.15) is 5.02 Å². The standard InChI is InChI=1S/C9H5ClO3S/c10-7-5-3-1-2-4-6(5)14-8(7)13-9(11)12/h1-4H,(H,11,12). The van der Waals surface area contributed by atoms with Crippen LogP contribution in [0.15, 0.2) is 24.3 Å². The van der Waals surface area contributed by atoms with Gasteiger partial charge in [0, 0.05) is 10.1 Å². The Labute approximate surface area is 88.5 Å². The Morgan fingerprint density at radius 1 is 1.43 bits per heavy atom. The number of thiophene rings is 1. The van der Waals surface area contributed by atoms with E-state index in [0.717, 1.165) is 10.1 Å². The van der Waals surface area contributed by atoms with Gasteiger partial charge in [0.05, 0.1) is 0 Å². The van der Waals surface area contributed by atoms with Gasteiger partial charge in [-0.3, -0.25) is 0 Å². The monoisotopic (exact) mass is 228 g/mol. The van der Waals surface area contributed by atoms with Crippen LogP contribution in [0, 0.1) is 0 Å². The minimum absolute atomic E-state index is 0.223. The van der Waals surface area contributed by atoms with Crippen molar-refractivity contribution in [2.75, 3.05) is 0 Å². The quantitative estimate of drug-likeness (QED) is 0.759. The van der Waals surface area contributed by atoms with Crippen LogP contribution in [0.25, 0.3) is 10.1 Å². The lowest BCUT2D eigenvalue weighted by molar-refractivity contribution is 0.146. The second-order valence-corrected chi connectivity index (χ2v) is 3.96. The Morgan fingerprint density at radius 3 is 2.79 bits per heavy atom. The molecule has 0 bridgehead atoms. The van der Waals surface area contributed by atoms with E-state index in [1.54, 1.807) is 0 Å². The third kappa shape index (κ3) is 1.54. The molecule has 1 N–H and O–H groups in total. The summed E-state index contributed by atoms with van der Waals surface area (Å²) in [5.74, 6) is 0. The molecule has 0 saturated carbocycles. The maximum Gasteiger partial charge on any atom is 0.512 e. The van der Waals surface area contributed by atoms with Gasteiger partial charge in [-0.25, -0.2) is 4.79 Å². The number of ether oxygens (including phenoxy) is 1. The fourth-order valence-corrected chi connectivity index (χ4v) is 2.45. The highest BCUT2D eigenvalue weighted by molar-refractivity contribution is 7.21. The molecule has 2 aromatic rings. The predicted octanol–water partition coefficient (Wildman–Crippen LogP) is 3.61. The fraction of sp³-hybridized carbons (Fsp3) is 0. The first-order chi connectivity index (χ1) is 6.68. The average molecular weight is 229 g/mol. The van der Waals surface area contributed by atoms with Crippen LogP contribution in [-0.2, 0) is 0 Å². The van der Waals surface area contributed by atoms with Crippen LogP contribution in [0.3, 0.4) is 0 Å². The summed E-state index contributed by atoms with van der Waals surface area (Å²) >= 11 is 7.14. The van der Waals surface area contributed by atoms with Crippen molar-refractivity contribution in [2.24, 2.45) is 0 Å². The molecule has 0 atom stereocenters. The Kier molecular flexibility index (Phi) is 2.31. The van der Waals surface area contributed by atoms with E-state index in [-0.39, 0.29) is 5.06 Å². The number of hydrogen-bond donors (Lipinski definition) is 1. The van der Waals surface area contributed by atoms with Crippen LogP contribution in [0.2, 0.25) is 5.02 Å². The first-order valence-electron chi connectivity index (χ1n) is 3.76. The largest absolute Gasteiger partial charge is 0.512 e. The average Bonchev–Trinajstić information content (AvgIpc) is 2.44. The zero-order valence-corrected chi connectivity index (χ0v) is 8.43. The van der Waals surface area contributed by atoms with Crippen molar-refractivity contribution in [1.82, 2.24) is 0 Å². The molecule has 0 spiro atoms. The van der Waals surface area contributed by atoms with Crippen LogP contribution >= 0.6 is 22.9 Å². The molecule has 3 nitrogen and oxygen atoms in total. The second kappa shape index (κ2) is 3.48. The number of benzene rings is 1. The third-order valence-corrected chi connectivity index (χ3v) is 3.22. The summed E-state index contributed by atoms with van der Waals surface area (Å²) in [7, 11) is 0. The van der Waals surface area contributed by atoms with Gasteiger partial charge in [-0.15, -0.1) is 0 Å². The van der Waals surface area contributed by atoms with E-state index < -0.39 is 6.16 Å². The minimum Gasteiger partial charge on any atom is -0.449 e. The molecule has 0 saturated heterocycles. The number of fused-ring (bicyclic) bond motifs is 1. The summed E-state index contributed by atoms with van der Waals surface area (Å²) in [6.07, 6.45) is -1.35. The van der Waals surface area contributed by atoms with Gasteiger partial charge in [0.25, 0.3) is 0 Å². The summed E-state index contributed by atoms with van der Waals surface area (Å²) in [6, 6.07) is 7.38. The summed E-state index contributed by atoms with van der Waals surface area (Å²) in [5, 5.41) is 9.83. The summed E-state index contributed by atoms with van der Waals surface area (Å²) in [5.41, 5.74) is 0. The van der Waals surface area contributed by atoms with E-state index in [2.05, 4.69) is 4.74 Å². The summed E-state index contributed by atoms with van der Waals surface area (Å²) in [4.78, 5) is 10.3. The van der Waals surface area contributed by atoms with Crippen molar-refractivity contribution in [3.8, 4) is 5.06 Å². The van der Waals surface area contributed by atoms with Crippen molar-refractivity contribution in [1.29, 1.82) is 0 Å². The third-order valence-electron chi connectivity index (χ3n) is 1.69. The fourth-order valence-electron chi connectivity index (χ4n) is 1.14. The van der Waals surface area contributed by atoms with Crippen molar-refractivity contribution >= 4 is 39.2 Å². The van der Waals surface area contributed by atoms with Gasteiger partial charge >= 0.3 is 6.16 Å². The van der Waals surface area contributed by atoms with Gasteiger partial charge in [0.15, 0.2) is 0 Å². The first-order valence-corrected chi connectivity index (χ1v) is 4.96. The van der Waals surface area contributed by atoms with Crippen molar-refractivity contribution < 1.29 is 14.6 Å². The van der Waals surface area contributed by atoms with E-state index in [0.29, 0.717) is 5.02 Å². The smallest absolute Gasteiger partial charge is 0.449 e. The molecular formula is C9H5ClO3S.